The second-order valence-electron chi connectivity index (χ2n) is 5.78. The molecule has 4 heteroatoms. The smallest absolute Gasteiger partial charge is 0.152 e. The maximum Gasteiger partial charge on any atom is 0.152 e. The number of aromatic nitrogens is 2. The Morgan fingerprint density at radius 1 is 1.33 bits per heavy atom. The fraction of sp³-hybridized carbons (Fsp3) is 0.357. The molecule has 1 aromatic heterocycles. The van der Waals surface area contributed by atoms with Gasteiger partial charge in [0, 0.05) is 23.1 Å². The first kappa shape index (κ1) is 11.3. The van der Waals surface area contributed by atoms with Crippen LogP contribution in [0.2, 0.25) is 0 Å². The van der Waals surface area contributed by atoms with Crippen LogP contribution in [0.25, 0.3) is 11.3 Å². The van der Waals surface area contributed by atoms with E-state index in [4.69, 9.17) is 0 Å². The fourth-order valence-corrected chi connectivity index (χ4v) is 2.36. The van der Waals surface area contributed by atoms with Crippen molar-refractivity contribution in [2.45, 2.75) is 32.7 Å². The maximum absolute atomic E-state index is 13.2. The van der Waals surface area contributed by atoms with Crippen LogP contribution in [-0.2, 0) is 6.42 Å². The summed E-state index contributed by atoms with van der Waals surface area (Å²) >= 11 is 0. The largest absolute Gasteiger partial charge is 0.364 e. The third kappa shape index (κ3) is 1.78. The Balaban J connectivity index is 2.02. The summed E-state index contributed by atoms with van der Waals surface area (Å²) in [6.45, 7) is 6.28. The van der Waals surface area contributed by atoms with Crippen LogP contribution in [0, 0.1) is 5.82 Å². The molecule has 0 fully saturated rings. The molecule has 0 bridgehead atoms. The lowest BCUT2D eigenvalue weighted by Gasteiger charge is -2.20. The van der Waals surface area contributed by atoms with E-state index in [0.717, 1.165) is 34.6 Å². The number of benzene rings is 1. The van der Waals surface area contributed by atoms with Crippen molar-refractivity contribution in [2.75, 3.05) is 5.32 Å². The van der Waals surface area contributed by atoms with Crippen LogP contribution in [0.3, 0.4) is 0 Å². The minimum absolute atomic E-state index is 0.0387. The summed E-state index contributed by atoms with van der Waals surface area (Å²) in [6, 6.07) is 4.91. The van der Waals surface area contributed by atoms with E-state index >= 15 is 0 Å². The SMILES string of the molecule is CC(C)(C)Nc1n[nH]c2c1Cc1cc(F)ccc1-2. The summed E-state index contributed by atoms with van der Waals surface area (Å²) < 4.78 is 13.2. The number of aromatic amines is 1. The average Bonchev–Trinajstić information content (AvgIpc) is 2.76. The van der Waals surface area contributed by atoms with Gasteiger partial charge in [-0.05, 0) is 44.5 Å². The molecule has 0 unspecified atom stereocenters. The second kappa shape index (κ2) is 3.57. The summed E-state index contributed by atoms with van der Waals surface area (Å²) in [5.41, 5.74) is 4.18. The number of anilines is 1. The van der Waals surface area contributed by atoms with Crippen LogP contribution in [-0.4, -0.2) is 15.7 Å². The quantitative estimate of drug-likeness (QED) is 0.690. The van der Waals surface area contributed by atoms with E-state index in [-0.39, 0.29) is 11.4 Å². The monoisotopic (exact) mass is 245 g/mol. The van der Waals surface area contributed by atoms with Crippen molar-refractivity contribution < 1.29 is 4.39 Å². The molecule has 1 aromatic carbocycles. The number of hydrogen-bond donors (Lipinski definition) is 2. The van der Waals surface area contributed by atoms with Crippen molar-refractivity contribution in [1.82, 2.24) is 10.2 Å². The van der Waals surface area contributed by atoms with E-state index in [0.29, 0.717) is 0 Å². The van der Waals surface area contributed by atoms with Gasteiger partial charge in [0.25, 0.3) is 0 Å². The van der Waals surface area contributed by atoms with Crippen LogP contribution in [0.4, 0.5) is 10.2 Å². The third-order valence-electron chi connectivity index (χ3n) is 3.06. The Bertz CT molecular complexity index is 608. The zero-order valence-electron chi connectivity index (χ0n) is 10.8. The minimum Gasteiger partial charge on any atom is -0.364 e. The summed E-state index contributed by atoms with van der Waals surface area (Å²) in [7, 11) is 0. The van der Waals surface area contributed by atoms with Crippen molar-refractivity contribution in [3.05, 3.63) is 35.1 Å². The summed E-state index contributed by atoms with van der Waals surface area (Å²) in [5, 5.41) is 10.7. The minimum atomic E-state index is -0.183. The van der Waals surface area contributed by atoms with Gasteiger partial charge in [-0.1, -0.05) is 0 Å². The van der Waals surface area contributed by atoms with Gasteiger partial charge in [0.1, 0.15) is 5.82 Å². The van der Waals surface area contributed by atoms with Crippen LogP contribution < -0.4 is 5.32 Å². The van der Waals surface area contributed by atoms with Crippen LogP contribution in [0.5, 0.6) is 0 Å². The summed E-state index contributed by atoms with van der Waals surface area (Å²) in [6.07, 6.45) is 0.733. The average molecular weight is 245 g/mol. The van der Waals surface area contributed by atoms with E-state index in [2.05, 4.69) is 36.3 Å². The topological polar surface area (TPSA) is 40.7 Å². The Morgan fingerprint density at radius 2 is 2.11 bits per heavy atom. The number of rotatable bonds is 1. The van der Waals surface area contributed by atoms with Gasteiger partial charge in [0.15, 0.2) is 5.82 Å². The molecule has 2 aromatic rings. The van der Waals surface area contributed by atoms with Gasteiger partial charge in [-0.2, -0.15) is 5.10 Å². The van der Waals surface area contributed by atoms with Gasteiger partial charge in [-0.3, -0.25) is 5.10 Å². The molecule has 0 saturated heterocycles. The van der Waals surface area contributed by atoms with E-state index in [9.17, 15) is 4.39 Å². The normalized spacial score (nSPS) is 13.3. The molecule has 18 heavy (non-hydrogen) atoms. The standard InChI is InChI=1S/C14H16FN3/c1-14(2,3)16-13-11-7-8-6-9(15)4-5-10(8)12(11)17-18-13/h4-6H,7H2,1-3H3,(H2,16,17,18). The van der Waals surface area contributed by atoms with Crippen molar-refractivity contribution >= 4 is 5.82 Å². The molecule has 3 nitrogen and oxygen atoms in total. The number of nitrogens with one attached hydrogen (secondary N) is 2. The molecule has 0 radical (unpaired) electrons. The molecule has 3 rings (SSSR count). The third-order valence-corrected chi connectivity index (χ3v) is 3.06. The van der Waals surface area contributed by atoms with E-state index in [1.807, 2.05) is 6.07 Å². The van der Waals surface area contributed by atoms with Gasteiger partial charge in [0.2, 0.25) is 0 Å². The summed E-state index contributed by atoms with van der Waals surface area (Å²) in [4.78, 5) is 0. The fourth-order valence-electron chi connectivity index (χ4n) is 2.36. The Kier molecular flexibility index (Phi) is 2.24. The van der Waals surface area contributed by atoms with Gasteiger partial charge in [-0.15, -0.1) is 0 Å². The lowest BCUT2D eigenvalue weighted by Crippen LogP contribution is -2.26. The molecular formula is C14H16FN3. The molecule has 94 valence electrons. The molecule has 0 spiro atoms. The highest BCUT2D eigenvalue weighted by Gasteiger charge is 2.26. The summed E-state index contributed by atoms with van der Waals surface area (Å²) in [5.74, 6) is 0.686. The molecule has 1 aliphatic carbocycles. The Labute approximate surface area is 105 Å². The van der Waals surface area contributed by atoms with Gasteiger partial charge in [-0.25, -0.2) is 4.39 Å². The van der Waals surface area contributed by atoms with Gasteiger partial charge >= 0.3 is 0 Å². The van der Waals surface area contributed by atoms with E-state index < -0.39 is 0 Å². The number of halogens is 1. The maximum atomic E-state index is 13.2. The molecule has 0 amide bonds. The first-order chi connectivity index (χ1) is 8.44. The zero-order chi connectivity index (χ0) is 12.9. The highest BCUT2D eigenvalue weighted by atomic mass is 19.1. The van der Waals surface area contributed by atoms with Crippen LogP contribution in [0.1, 0.15) is 31.9 Å². The first-order valence-electron chi connectivity index (χ1n) is 6.08. The number of fused-ring (bicyclic) bond motifs is 3. The Hall–Kier alpha value is -1.84. The number of H-pyrrole nitrogens is 1. The molecule has 1 heterocycles. The highest BCUT2D eigenvalue weighted by Crippen LogP contribution is 2.39. The van der Waals surface area contributed by atoms with Gasteiger partial charge < -0.3 is 5.32 Å². The van der Waals surface area contributed by atoms with Crippen molar-refractivity contribution in [1.29, 1.82) is 0 Å². The zero-order valence-corrected chi connectivity index (χ0v) is 10.8. The molecule has 0 aliphatic heterocycles. The highest BCUT2D eigenvalue weighted by molar-refractivity contribution is 5.78. The van der Waals surface area contributed by atoms with Crippen molar-refractivity contribution in [3.8, 4) is 11.3 Å². The predicted molar refractivity (Wildman–Crippen MR) is 70.2 cm³/mol. The number of hydrogen-bond acceptors (Lipinski definition) is 2. The second-order valence-corrected chi connectivity index (χ2v) is 5.78. The molecular weight excluding hydrogens is 229 g/mol. The lowest BCUT2D eigenvalue weighted by atomic mass is 10.1. The molecule has 1 aliphatic rings. The first-order valence-corrected chi connectivity index (χ1v) is 6.08. The van der Waals surface area contributed by atoms with Crippen molar-refractivity contribution in [2.24, 2.45) is 0 Å². The van der Waals surface area contributed by atoms with Crippen LogP contribution >= 0.6 is 0 Å². The molecule has 0 atom stereocenters. The van der Waals surface area contributed by atoms with E-state index in [1.165, 1.54) is 6.07 Å². The predicted octanol–water partition coefficient (Wildman–Crippen LogP) is 3.33. The molecule has 2 N–H and O–H groups in total. The number of nitrogens with zero attached hydrogens (tertiary/aromatic N) is 1. The Morgan fingerprint density at radius 3 is 2.83 bits per heavy atom. The van der Waals surface area contributed by atoms with Crippen molar-refractivity contribution in [3.63, 3.8) is 0 Å². The van der Waals surface area contributed by atoms with E-state index in [1.54, 1.807) is 6.07 Å². The van der Waals surface area contributed by atoms with Gasteiger partial charge in [0.05, 0.1) is 5.69 Å². The van der Waals surface area contributed by atoms with Crippen LogP contribution in [0.15, 0.2) is 18.2 Å². The lowest BCUT2D eigenvalue weighted by molar-refractivity contribution is 0.625. The molecule has 0 saturated carbocycles.